The largest absolute Gasteiger partial charge is 0.457 e. The number of allylic oxidation sites excluding steroid dienone is 3. The number of likely N-dealkylation sites (N-methyl/N-ethyl adjacent to an activating group) is 1. The van der Waals surface area contributed by atoms with Crippen LogP contribution in [0.15, 0.2) is 109 Å². The Labute approximate surface area is 491 Å². The molecule has 2 unspecified atom stereocenters. The van der Waals surface area contributed by atoms with Crippen LogP contribution in [0, 0.1) is 23.7 Å². The molecule has 83 heavy (non-hydrogen) atoms. The molecule has 0 saturated carbocycles. The Balaban J connectivity index is 0.895. The minimum atomic E-state index is -1.01. The van der Waals surface area contributed by atoms with E-state index in [9.17, 15) is 34.2 Å². The molecule has 17 nitrogen and oxygen atoms in total. The molecule has 0 spiro atoms. The molecule has 3 aromatic rings. The highest BCUT2D eigenvalue weighted by molar-refractivity contribution is 5.98. The van der Waals surface area contributed by atoms with Gasteiger partial charge in [0, 0.05) is 35.6 Å². The Morgan fingerprint density at radius 3 is 2.18 bits per heavy atom. The van der Waals surface area contributed by atoms with Crippen molar-refractivity contribution < 1.29 is 62.4 Å². The van der Waals surface area contributed by atoms with Crippen LogP contribution in [0.1, 0.15) is 124 Å². The van der Waals surface area contributed by atoms with E-state index in [0.29, 0.717) is 62.3 Å². The fourth-order valence-electron chi connectivity index (χ4n) is 11.8. The van der Waals surface area contributed by atoms with Gasteiger partial charge in [-0.1, -0.05) is 127 Å². The van der Waals surface area contributed by atoms with Crippen LogP contribution in [0.5, 0.6) is 0 Å². The average Bonchev–Trinajstić information content (AvgIpc) is 3.14. The number of fused-ring (bicyclic) bond motifs is 3. The van der Waals surface area contributed by atoms with Gasteiger partial charge >= 0.3 is 18.2 Å². The molecule has 1 aliphatic carbocycles. The third-order valence-corrected chi connectivity index (χ3v) is 17.2. The van der Waals surface area contributed by atoms with E-state index in [-0.39, 0.29) is 67.3 Å². The van der Waals surface area contributed by atoms with Crippen LogP contribution >= 0.6 is 0 Å². The highest BCUT2D eigenvalue weighted by Crippen LogP contribution is 2.45. The van der Waals surface area contributed by atoms with E-state index < -0.39 is 66.0 Å². The maximum atomic E-state index is 14.1. The first kappa shape index (κ1) is 64.2. The number of aliphatic hydroxyl groups is 2. The molecule has 0 bridgehead atoms. The third-order valence-electron chi connectivity index (χ3n) is 17.2. The number of aliphatic hydroxyl groups excluding tert-OH is 2. The average molecular weight is 1150 g/mol. The number of carbonyl (C=O) groups is 5. The number of epoxide rings is 1. The summed E-state index contributed by atoms with van der Waals surface area (Å²) < 4.78 is 31.1. The first-order valence-electron chi connectivity index (χ1n) is 30.0. The van der Waals surface area contributed by atoms with Gasteiger partial charge in [0.25, 0.3) is 0 Å². The molecular formula is C66H92N5O12+. The van der Waals surface area contributed by atoms with Crippen molar-refractivity contribution in [1.29, 1.82) is 0 Å². The van der Waals surface area contributed by atoms with Crippen LogP contribution in [0.2, 0.25) is 0 Å². The lowest BCUT2D eigenvalue weighted by Crippen LogP contribution is -2.58. The van der Waals surface area contributed by atoms with Gasteiger partial charge in [0.2, 0.25) is 11.8 Å². The molecular weight excluding hydrogens is 1050 g/mol. The molecule has 12 atom stereocenters. The van der Waals surface area contributed by atoms with Crippen molar-refractivity contribution in [3.63, 3.8) is 0 Å². The van der Waals surface area contributed by atoms with E-state index in [0.717, 1.165) is 39.8 Å². The first-order valence-corrected chi connectivity index (χ1v) is 30.0. The number of anilines is 1. The van der Waals surface area contributed by atoms with E-state index in [4.69, 9.17) is 23.7 Å². The molecule has 4 amide bonds. The predicted octanol–water partition coefficient (Wildman–Crippen LogP) is 9.61. The number of amides is 4. The lowest BCUT2D eigenvalue weighted by molar-refractivity contribution is -0.926. The molecule has 3 aliphatic heterocycles. The zero-order valence-electron chi connectivity index (χ0n) is 50.7. The summed E-state index contributed by atoms with van der Waals surface area (Å²) in [4.78, 5) is 69.2. The molecule has 4 aliphatic rings. The van der Waals surface area contributed by atoms with Crippen molar-refractivity contribution in [2.45, 2.75) is 168 Å². The van der Waals surface area contributed by atoms with E-state index >= 15 is 0 Å². The summed E-state index contributed by atoms with van der Waals surface area (Å²) >= 11 is 0. The van der Waals surface area contributed by atoms with Crippen molar-refractivity contribution in [2.75, 3.05) is 51.8 Å². The predicted molar refractivity (Wildman–Crippen MR) is 320 cm³/mol. The number of nitrogens with one attached hydrogen (secondary N) is 3. The Morgan fingerprint density at radius 2 is 1.55 bits per heavy atom. The lowest BCUT2D eigenvalue weighted by Gasteiger charge is -2.43. The maximum absolute atomic E-state index is 14.1. The van der Waals surface area contributed by atoms with E-state index in [1.165, 1.54) is 0 Å². The normalized spacial score (nSPS) is 25.9. The minimum absolute atomic E-state index is 0.0677. The van der Waals surface area contributed by atoms with Gasteiger partial charge in [-0.05, 0) is 111 Å². The zero-order valence-corrected chi connectivity index (χ0v) is 50.7. The van der Waals surface area contributed by atoms with Crippen LogP contribution in [-0.4, -0.2) is 150 Å². The van der Waals surface area contributed by atoms with Gasteiger partial charge in [0.05, 0.1) is 64.1 Å². The number of hydrogen-bond donors (Lipinski definition) is 5. The van der Waals surface area contributed by atoms with Gasteiger partial charge in [-0.2, -0.15) is 0 Å². The van der Waals surface area contributed by atoms with Crippen molar-refractivity contribution in [3.05, 3.63) is 125 Å². The number of alkyl carbamates (subject to hydrolysis) is 1. The molecule has 3 heterocycles. The second-order valence-electron chi connectivity index (χ2n) is 24.4. The van der Waals surface area contributed by atoms with Gasteiger partial charge in [-0.3, -0.25) is 19.3 Å². The second kappa shape index (κ2) is 28.9. The van der Waals surface area contributed by atoms with Crippen LogP contribution in [-0.2, 0) is 44.6 Å². The molecule has 0 radical (unpaired) electrons. The second-order valence-corrected chi connectivity index (χ2v) is 24.4. The van der Waals surface area contributed by atoms with Gasteiger partial charge in [-0.25, -0.2) is 9.59 Å². The lowest BCUT2D eigenvalue weighted by atomic mass is 9.88. The van der Waals surface area contributed by atoms with Gasteiger partial charge in [-0.15, -0.1) is 0 Å². The smallest absolute Gasteiger partial charge is 0.410 e. The van der Waals surface area contributed by atoms with Gasteiger partial charge in [0.15, 0.2) is 6.10 Å². The number of piperazine rings is 1. The summed E-state index contributed by atoms with van der Waals surface area (Å²) in [6, 6.07) is 21.9. The summed E-state index contributed by atoms with van der Waals surface area (Å²) in [6.07, 6.45) is 7.83. The minimum Gasteiger partial charge on any atom is -0.457 e. The van der Waals surface area contributed by atoms with Crippen molar-refractivity contribution in [3.8, 4) is 11.1 Å². The molecule has 7 rings (SSSR count). The van der Waals surface area contributed by atoms with Crippen LogP contribution < -0.4 is 16.0 Å². The van der Waals surface area contributed by atoms with Crippen molar-refractivity contribution in [1.82, 2.24) is 15.5 Å². The summed E-state index contributed by atoms with van der Waals surface area (Å²) in [7, 11) is 2.15. The summed E-state index contributed by atoms with van der Waals surface area (Å²) in [5.74, 6) is -1.87. The number of cyclic esters (lactones) is 1. The van der Waals surface area contributed by atoms with Crippen LogP contribution in [0.4, 0.5) is 15.3 Å². The molecule has 3 aromatic carbocycles. The SMILES string of the molecule is CCO[C@]1(C)CC[C@@H](O)CC(=O)O[C@H](/C(C)=C/C=C/[C@@H](C)CC2OC2[C@H](C)[C@@H](O)CC)[C@@H](C)/C=C/[C@@H]1OC(=O)N1CC[N+](C)(Cc2ccc(NC(=O)[C@H](C)NC(=O)[C@@H](NC(=O)OCC3c4ccccc4-c4ccccc43)C(C)C)cc2)CC1. The van der Waals surface area contributed by atoms with Crippen molar-refractivity contribution >= 4 is 35.7 Å². The van der Waals surface area contributed by atoms with Crippen molar-refractivity contribution in [2.24, 2.45) is 23.7 Å². The Hall–Kier alpha value is -6.37. The Morgan fingerprint density at radius 1 is 0.904 bits per heavy atom. The Kier molecular flexibility index (Phi) is 22.4. The quantitative estimate of drug-likeness (QED) is 0.0168. The number of benzene rings is 3. The first-order chi connectivity index (χ1) is 39.5. The summed E-state index contributed by atoms with van der Waals surface area (Å²) in [6.45, 7) is 22.3. The maximum Gasteiger partial charge on any atom is 0.410 e. The monoisotopic (exact) mass is 1150 g/mol. The van der Waals surface area contributed by atoms with E-state index in [2.05, 4.69) is 48.1 Å². The summed E-state index contributed by atoms with van der Waals surface area (Å²) in [5.41, 5.74) is 5.80. The number of hydrogen-bond acceptors (Lipinski definition) is 12. The highest BCUT2D eigenvalue weighted by atomic mass is 16.6. The van der Waals surface area contributed by atoms with E-state index in [1.807, 2.05) is 140 Å². The molecule has 17 heteroatoms. The molecule has 2 saturated heterocycles. The number of ether oxygens (including phenoxy) is 5. The van der Waals surface area contributed by atoms with Crippen LogP contribution in [0.25, 0.3) is 11.1 Å². The molecule has 452 valence electrons. The molecule has 5 N–H and O–H groups in total. The van der Waals surface area contributed by atoms with Gasteiger partial charge in [0.1, 0.15) is 36.9 Å². The van der Waals surface area contributed by atoms with Gasteiger partial charge < -0.3 is 54.3 Å². The number of carbonyl (C=O) groups excluding carboxylic acids is 5. The number of nitrogens with zero attached hydrogens (tertiary/aromatic N) is 2. The fraction of sp³-hybridized carbons (Fsp3) is 0.561. The standard InChI is InChI=1S/C66H91N5O12/c1-12-55(73)45(8)61-56(81-61)37-42(5)19-18-20-43(6)60-44(7)25-30-57(66(10,80-13-2)32-31-49(72)38-58(74)83-60)82-65(78)70-33-35-71(11,36-34-70)39-47-26-28-48(29-27-47)68-62(75)46(9)67-63(76)59(41(3)4)69-64(77)79-40-54-52-23-16-14-21-50(52)51-22-15-17-24-53(51)54/h14-30,41-42,44-46,49,54-57,59-61,72-73H,12-13,31-40H2,1-11H3,(H2-,67,68,69,75,76,77)/p+1/b19-18+,30-25+,43-20+/t42-,44+,45-,46+,49-,55+,56?,57+,59+,60-,61?,66-/m1/s1. The summed E-state index contributed by atoms with van der Waals surface area (Å²) in [5, 5.41) is 29.7. The highest BCUT2D eigenvalue weighted by Gasteiger charge is 2.45. The van der Waals surface area contributed by atoms with E-state index in [1.54, 1.807) is 11.8 Å². The third kappa shape index (κ3) is 17.1. The zero-order chi connectivity index (χ0) is 60.2. The Bertz CT molecular complexity index is 2750. The number of esters is 1. The topological polar surface area (TPSA) is 215 Å². The molecule has 0 aromatic heterocycles. The number of rotatable bonds is 21. The molecule has 2 fully saturated rings. The fourth-order valence-corrected chi connectivity index (χ4v) is 11.8. The van der Waals surface area contributed by atoms with Crippen LogP contribution in [0.3, 0.4) is 0 Å². The number of quaternary nitrogens is 1.